The topological polar surface area (TPSA) is 47.3 Å². The van der Waals surface area contributed by atoms with E-state index in [2.05, 4.69) is 5.43 Å². The monoisotopic (exact) mass is 304 g/mol. The molecule has 0 aliphatic rings. The van der Waals surface area contributed by atoms with Crippen molar-refractivity contribution in [1.29, 1.82) is 0 Å². The maximum absolute atomic E-state index is 12.8. The Morgan fingerprint density at radius 3 is 2.29 bits per heavy atom. The molecule has 1 rings (SSSR count). The number of ether oxygens (including phenoxy) is 1. The van der Waals surface area contributed by atoms with Crippen molar-refractivity contribution in [2.75, 3.05) is 7.11 Å². The molecule has 0 aliphatic heterocycles. The fourth-order valence-corrected chi connectivity index (χ4v) is 2.68. The number of methoxy groups -OCH3 is 1. The van der Waals surface area contributed by atoms with E-state index >= 15 is 0 Å². The minimum atomic E-state index is -4.34. The standard InChI is InChI=1S/C15H23F3N2O/c1-4-14(5-2,21-3)13(20-19)10-11-7-6-8-12(9-11)15(16,17)18/h6-9,13,20H,4-5,10,19H2,1-3H3. The second-order valence-electron chi connectivity index (χ2n) is 5.10. The second-order valence-corrected chi connectivity index (χ2v) is 5.10. The zero-order chi connectivity index (χ0) is 16.1. The van der Waals surface area contributed by atoms with E-state index in [1.165, 1.54) is 6.07 Å². The van der Waals surface area contributed by atoms with Crippen LogP contribution in [-0.4, -0.2) is 18.8 Å². The van der Waals surface area contributed by atoms with Crippen molar-refractivity contribution in [2.45, 2.75) is 50.9 Å². The second kappa shape index (κ2) is 7.24. The molecule has 1 unspecified atom stereocenters. The van der Waals surface area contributed by atoms with Crippen LogP contribution in [0.1, 0.15) is 37.8 Å². The molecule has 120 valence electrons. The molecule has 0 heterocycles. The molecule has 0 saturated carbocycles. The molecule has 3 N–H and O–H groups in total. The Labute approximate surface area is 123 Å². The maximum Gasteiger partial charge on any atom is 0.416 e. The summed E-state index contributed by atoms with van der Waals surface area (Å²) in [5, 5.41) is 0. The Kier molecular flexibility index (Phi) is 6.19. The Hall–Kier alpha value is -1.11. The minimum Gasteiger partial charge on any atom is -0.377 e. The van der Waals surface area contributed by atoms with Gasteiger partial charge >= 0.3 is 6.18 Å². The lowest BCUT2D eigenvalue weighted by molar-refractivity contribution is -0.137. The summed E-state index contributed by atoms with van der Waals surface area (Å²) in [6.45, 7) is 3.95. The van der Waals surface area contributed by atoms with Crippen molar-refractivity contribution in [1.82, 2.24) is 5.43 Å². The number of hydrogen-bond donors (Lipinski definition) is 2. The van der Waals surface area contributed by atoms with Crippen LogP contribution in [0.5, 0.6) is 0 Å². The van der Waals surface area contributed by atoms with Crippen LogP contribution in [0.25, 0.3) is 0 Å². The summed E-state index contributed by atoms with van der Waals surface area (Å²) in [6, 6.07) is 5.05. The Morgan fingerprint density at radius 2 is 1.86 bits per heavy atom. The zero-order valence-electron chi connectivity index (χ0n) is 12.6. The summed E-state index contributed by atoms with van der Waals surface area (Å²) in [5.74, 6) is 5.61. The lowest BCUT2D eigenvalue weighted by Gasteiger charge is -2.38. The van der Waals surface area contributed by atoms with E-state index in [-0.39, 0.29) is 6.04 Å². The van der Waals surface area contributed by atoms with Crippen molar-refractivity contribution in [3.8, 4) is 0 Å². The molecule has 1 aromatic rings. The van der Waals surface area contributed by atoms with Crippen LogP contribution in [0.2, 0.25) is 0 Å². The normalized spacial score (nSPS) is 14.2. The van der Waals surface area contributed by atoms with Gasteiger partial charge in [-0.25, -0.2) is 0 Å². The smallest absolute Gasteiger partial charge is 0.377 e. The lowest BCUT2D eigenvalue weighted by Crippen LogP contribution is -2.55. The van der Waals surface area contributed by atoms with Gasteiger partial charge in [-0.3, -0.25) is 11.3 Å². The molecular formula is C15H23F3N2O. The SMILES string of the molecule is CCC(CC)(OC)C(Cc1cccc(C(F)(F)F)c1)NN. The average Bonchev–Trinajstić information content (AvgIpc) is 2.47. The largest absolute Gasteiger partial charge is 0.416 e. The number of hydrogen-bond acceptors (Lipinski definition) is 3. The number of alkyl halides is 3. The maximum atomic E-state index is 12.8. The van der Waals surface area contributed by atoms with E-state index < -0.39 is 17.3 Å². The summed E-state index contributed by atoms with van der Waals surface area (Å²) < 4.78 is 43.9. The predicted molar refractivity (Wildman–Crippen MR) is 76.6 cm³/mol. The minimum absolute atomic E-state index is 0.263. The van der Waals surface area contributed by atoms with Gasteiger partial charge in [-0.2, -0.15) is 13.2 Å². The average molecular weight is 304 g/mol. The first-order valence-electron chi connectivity index (χ1n) is 7.00. The quantitative estimate of drug-likeness (QED) is 0.600. The van der Waals surface area contributed by atoms with Crippen LogP contribution >= 0.6 is 0 Å². The number of benzene rings is 1. The van der Waals surface area contributed by atoms with Gasteiger partial charge in [0, 0.05) is 7.11 Å². The van der Waals surface area contributed by atoms with E-state index in [0.29, 0.717) is 24.8 Å². The molecular weight excluding hydrogens is 281 g/mol. The molecule has 0 fully saturated rings. The van der Waals surface area contributed by atoms with Crippen molar-refractivity contribution < 1.29 is 17.9 Å². The van der Waals surface area contributed by atoms with Gasteiger partial charge in [-0.05, 0) is 30.9 Å². The Bertz CT molecular complexity index is 437. The highest BCUT2D eigenvalue weighted by Gasteiger charge is 2.36. The molecule has 0 radical (unpaired) electrons. The number of nitrogens with one attached hydrogen (secondary N) is 1. The fourth-order valence-electron chi connectivity index (χ4n) is 2.68. The first-order valence-corrected chi connectivity index (χ1v) is 7.00. The molecule has 1 aromatic carbocycles. The molecule has 0 spiro atoms. The first kappa shape index (κ1) is 17.9. The number of rotatable bonds is 7. The van der Waals surface area contributed by atoms with Gasteiger partial charge in [0.1, 0.15) is 0 Å². The molecule has 6 heteroatoms. The molecule has 1 atom stereocenters. The van der Waals surface area contributed by atoms with Gasteiger partial charge in [-0.15, -0.1) is 0 Å². The third-order valence-corrected chi connectivity index (χ3v) is 4.13. The van der Waals surface area contributed by atoms with Crippen molar-refractivity contribution >= 4 is 0 Å². The van der Waals surface area contributed by atoms with E-state index in [0.717, 1.165) is 12.1 Å². The van der Waals surface area contributed by atoms with Crippen molar-refractivity contribution in [3.63, 3.8) is 0 Å². The molecule has 0 aromatic heterocycles. The van der Waals surface area contributed by atoms with Crippen LogP contribution in [0.4, 0.5) is 13.2 Å². The van der Waals surface area contributed by atoms with Gasteiger partial charge in [0.2, 0.25) is 0 Å². The Balaban J connectivity index is 3.02. The summed E-state index contributed by atoms with van der Waals surface area (Å²) >= 11 is 0. The van der Waals surface area contributed by atoms with Crippen LogP contribution in [0, 0.1) is 0 Å². The van der Waals surface area contributed by atoms with Gasteiger partial charge in [0.25, 0.3) is 0 Å². The van der Waals surface area contributed by atoms with E-state index in [9.17, 15) is 13.2 Å². The van der Waals surface area contributed by atoms with Gasteiger partial charge < -0.3 is 4.74 Å². The molecule has 0 saturated heterocycles. The van der Waals surface area contributed by atoms with Gasteiger partial charge in [0.15, 0.2) is 0 Å². The molecule has 0 amide bonds. The van der Waals surface area contributed by atoms with Crippen LogP contribution in [0.15, 0.2) is 24.3 Å². The van der Waals surface area contributed by atoms with E-state index in [1.54, 1.807) is 13.2 Å². The van der Waals surface area contributed by atoms with Crippen molar-refractivity contribution in [2.24, 2.45) is 5.84 Å². The first-order chi connectivity index (χ1) is 9.82. The third kappa shape index (κ3) is 4.18. The lowest BCUT2D eigenvalue weighted by atomic mass is 9.84. The zero-order valence-corrected chi connectivity index (χ0v) is 12.6. The Morgan fingerprint density at radius 1 is 1.24 bits per heavy atom. The third-order valence-electron chi connectivity index (χ3n) is 4.13. The fraction of sp³-hybridized carbons (Fsp3) is 0.600. The van der Waals surface area contributed by atoms with E-state index in [1.807, 2.05) is 13.8 Å². The summed E-state index contributed by atoms with van der Waals surface area (Å²) in [4.78, 5) is 0. The van der Waals surface area contributed by atoms with E-state index in [4.69, 9.17) is 10.6 Å². The predicted octanol–water partition coefficient (Wildman–Crippen LogP) is 3.29. The van der Waals surface area contributed by atoms with Gasteiger partial charge in [0.05, 0.1) is 17.2 Å². The molecule has 21 heavy (non-hydrogen) atoms. The van der Waals surface area contributed by atoms with Gasteiger partial charge in [-0.1, -0.05) is 32.0 Å². The summed E-state index contributed by atoms with van der Waals surface area (Å²) in [5.41, 5.74) is 2.13. The highest BCUT2D eigenvalue weighted by molar-refractivity contribution is 5.26. The number of hydrazine groups is 1. The van der Waals surface area contributed by atoms with Crippen LogP contribution < -0.4 is 11.3 Å². The number of nitrogens with two attached hydrogens (primary N) is 1. The van der Waals surface area contributed by atoms with Crippen molar-refractivity contribution in [3.05, 3.63) is 35.4 Å². The number of halogens is 3. The molecule has 0 bridgehead atoms. The van der Waals surface area contributed by atoms with Crippen LogP contribution in [-0.2, 0) is 17.3 Å². The summed E-state index contributed by atoms with van der Waals surface area (Å²) in [7, 11) is 1.60. The van der Waals surface area contributed by atoms with Crippen LogP contribution in [0.3, 0.4) is 0 Å². The summed E-state index contributed by atoms with van der Waals surface area (Å²) in [6.07, 6.45) is -2.53. The highest BCUT2D eigenvalue weighted by Crippen LogP contribution is 2.31. The highest BCUT2D eigenvalue weighted by atomic mass is 19.4. The molecule has 0 aliphatic carbocycles. The molecule has 3 nitrogen and oxygen atoms in total.